The number of aryl methyl sites for hydroxylation is 1. The molecule has 0 saturated heterocycles. The van der Waals surface area contributed by atoms with E-state index in [9.17, 15) is 0 Å². The summed E-state index contributed by atoms with van der Waals surface area (Å²) in [6, 6.07) is 16.4. The van der Waals surface area contributed by atoms with Crippen molar-refractivity contribution in [1.82, 2.24) is 5.43 Å². The predicted octanol–water partition coefficient (Wildman–Crippen LogP) is 3.87. The van der Waals surface area contributed by atoms with E-state index in [0.717, 1.165) is 16.7 Å². The molecule has 2 aromatic carbocycles. The first-order chi connectivity index (χ1) is 8.25. The fraction of sp³-hybridized carbons (Fsp3) is 0.143. The molecule has 17 heavy (non-hydrogen) atoms. The number of hydrogen-bond donors (Lipinski definition) is 2. The zero-order chi connectivity index (χ0) is 12.1. The second-order valence-electron chi connectivity index (χ2n) is 3.93. The van der Waals surface area contributed by atoms with Crippen molar-refractivity contribution in [3.05, 3.63) is 64.1 Å². The van der Waals surface area contributed by atoms with Gasteiger partial charge in [0.2, 0.25) is 0 Å². The monoisotopic (exact) mass is 290 g/mol. The second-order valence-corrected chi connectivity index (χ2v) is 4.78. The fourth-order valence-corrected chi connectivity index (χ4v) is 1.83. The third-order valence-corrected chi connectivity index (χ3v) is 3.41. The van der Waals surface area contributed by atoms with Gasteiger partial charge in [-0.25, -0.2) is 5.43 Å². The van der Waals surface area contributed by atoms with Gasteiger partial charge in [-0.2, -0.15) is 0 Å². The van der Waals surface area contributed by atoms with Crippen LogP contribution in [0.1, 0.15) is 11.1 Å². The summed E-state index contributed by atoms with van der Waals surface area (Å²) in [5, 5.41) is 0. The number of hydrazine groups is 1. The summed E-state index contributed by atoms with van der Waals surface area (Å²) in [7, 11) is 0. The van der Waals surface area contributed by atoms with Gasteiger partial charge in [0.1, 0.15) is 0 Å². The van der Waals surface area contributed by atoms with Crippen LogP contribution in [-0.4, -0.2) is 0 Å². The van der Waals surface area contributed by atoms with Gasteiger partial charge in [-0.15, -0.1) is 0 Å². The van der Waals surface area contributed by atoms with Gasteiger partial charge in [0.25, 0.3) is 0 Å². The Labute approximate surface area is 110 Å². The van der Waals surface area contributed by atoms with E-state index in [-0.39, 0.29) is 0 Å². The van der Waals surface area contributed by atoms with Gasteiger partial charge < -0.3 is 5.43 Å². The fourth-order valence-electron chi connectivity index (χ4n) is 1.59. The van der Waals surface area contributed by atoms with Gasteiger partial charge in [-0.3, -0.25) is 0 Å². The molecule has 2 nitrogen and oxygen atoms in total. The van der Waals surface area contributed by atoms with E-state index in [1.54, 1.807) is 0 Å². The van der Waals surface area contributed by atoms with Crippen molar-refractivity contribution in [2.24, 2.45) is 0 Å². The number of halogens is 1. The van der Waals surface area contributed by atoms with Crippen molar-refractivity contribution in [3.8, 4) is 0 Å². The molecule has 0 spiro atoms. The molecule has 2 N–H and O–H groups in total. The molecular weight excluding hydrogens is 276 g/mol. The Morgan fingerprint density at radius 2 is 1.82 bits per heavy atom. The predicted molar refractivity (Wildman–Crippen MR) is 75.8 cm³/mol. The first-order valence-electron chi connectivity index (χ1n) is 5.54. The maximum absolute atomic E-state index is 3.50. The lowest BCUT2D eigenvalue weighted by Gasteiger charge is -2.09. The smallest absolute Gasteiger partial charge is 0.0487 e. The lowest BCUT2D eigenvalue weighted by Crippen LogP contribution is -2.20. The van der Waals surface area contributed by atoms with Crippen molar-refractivity contribution >= 4 is 21.6 Å². The van der Waals surface area contributed by atoms with Crippen LogP contribution >= 0.6 is 15.9 Å². The van der Waals surface area contributed by atoms with Crippen LogP contribution < -0.4 is 10.9 Å². The van der Waals surface area contributed by atoms with Crippen molar-refractivity contribution in [2.75, 3.05) is 5.43 Å². The van der Waals surface area contributed by atoms with Crippen LogP contribution in [0.15, 0.2) is 53.0 Å². The second kappa shape index (κ2) is 5.84. The van der Waals surface area contributed by atoms with Gasteiger partial charge in [0.15, 0.2) is 0 Å². The molecule has 2 rings (SSSR count). The van der Waals surface area contributed by atoms with Crippen LogP contribution in [-0.2, 0) is 6.54 Å². The van der Waals surface area contributed by atoms with Gasteiger partial charge in [-0.1, -0.05) is 46.3 Å². The average molecular weight is 291 g/mol. The van der Waals surface area contributed by atoms with Gasteiger partial charge in [0.05, 0.1) is 0 Å². The molecule has 88 valence electrons. The molecule has 0 aliphatic rings. The first-order valence-corrected chi connectivity index (χ1v) is 6.34. The zero-order valence-corrected chi connectivity index (χ0v) is 11.3. The standard InChI is InChI=1S/C14H15BrN2/c1-11-9-12(7-8-14(11)15)10-16-17-13-5-3-2-4-6-13/h2-9,16-17H,10H2,1H3. The highest BCUT2D eigenvalue weighted by molar-refractivity contribution is 9.10. The van der Waals surface area contributed by atoms with Crippen molar-refractivity contribution in [2.45, 2.75) is 13.5 Å². The third kappa shape index (κ3) is 3.58. The Morgan fingerprint density at radius 1 is 1.06 bits per heavy atom. The normalized spacial score (nSPS) is 10.2. The summed E-state index contributed by atoms with van der Waals surface area (Å²) in [6.45, 7) is 2.89. The number of rotatable bonds is 4. The lowest BCUT2D eigenvalue weighted by molar-refractivity contribution is 0.800. The summed E-state index contributed by atoms with van der Waals surface area (Å²) < 4.78 is 1.15. The summed E-state index contributed by atoms with van der Waals surface area (Å²) in [5.74, 6) is 0. The van der Waals surface area contributed by atoms with E-state index >= 15 is 0 Å². The molecule has 0 aliphatic carbocycles. The van der Waals surface area contributed by atoms with E-state index in [1.807, 2.05) is 30.3 Å². The van der Waals surface area contributed by atoms with E-state index in [2.05, 4.69) is 51.9 Å². The number of benzene rings is 2. The van der Waals surface area contributed by atoms with Crippen LogP contribution in [0.25, 0.3) is 0 Å². The molecule has 2 aromatic rings. The number of nitrogens with one attached hydrogen (secondary N) is 2. The number of anilines is 1. The molecule has 0 unspecified atom stereocenters. The Balaban J connectivity index is 1.88. The van der Waals surface area contributed by atoms with Crippen LogP contribution in [0.4, 0.5) is 5.69 Å². The third-order valence-electron chi connectivity index (χ3n) is 2.52. The first kappa shape index (κ1) is 12.1. The minimum atomic E-state index is 0.795. The largest absolute Gasteiger partial charge is 0.321 e. The zero-order valence-electron chi connectivity index (χ0n) is 9.70. The Bertz CT molecular complexity index is 483. The highest BCUT2D eigenvalue weighted by Gasteiger charge is 1.97. The average Bonchev–Trinajstić information content (AvgIpc) is 2.35. The Morgan fingerprint density at radius 3 is 2.53 bits per heavy atom. The van der Waals surface area contributed by atoms with Crippen LogP contribution in [0.5, 0.6) is 0 Å². The highest BCUT2D eigenvalue weighted by atomic mass is 79.9. The SMILES string of the molecule is Cc1cc(CNNc2ccccc2)ccc1Br. The maximum Gasteiger partial charge on any atom is 0.0487 e. The van der Waals surface area contributed by atoms with Gasteiger partial charge >= 0.3 is 0 Å². The van der Waals surface area contributed by atoms with Crippen LogP contribution in [0, 0.1) is 6.92 Å². The van der Waals surface area contributed by atoms with Crippen molar-refractivity contribution in [1.29, 1.82) is 0 Å². The minimum Gasteiger partial charge on any atom is -0.321 e. The molecule has 0 radical (unpaired) electrons. The van der Waals surface area contributed by atoms with E-state index in [0.29, 0.717) is 0 Å². The summed E-state index contributed by atoms with van der Waals surface area (Å²) in [4.78, 5) is 0. The molecule has 0 aromatic heterocycles. The van der Waals surface area contributed by atoms with E-state index in [1.165, 1.54) is 11.1 Å². The Kier molecular flexibility index (Phi) is 4.18. The highest BCUT2D eigenvalue weighted by Crippen LogP contribution is 2.16. The summed E-state index contributed by atoms with van der Waals surface area (Å²) in [5.41, 5.74) is 9.95. The lowest BCUT2D eigenvalue weighted by atomic mass is 10.1. The summed E-state index contributed by atoms with van der Waals surface area (Å²) >= 11 is 3.50. The summed E-state index contributed by atoms with van der Waals surface area (Å²) in [6.07, 6.45) is 0. The molecular formula is C14H15BrN2. The maximum atomic E-state index is 3.50. The number of para-hydroxylation sites is 1. The van der Waals surface area contributed by atoms with Crippen LogP contribution in [0.2, 0.25) is 0 Å². The quantitative estimate of drug-likeness (QED) is 0.835. The number of hydrogen-bond acceptors (Lipinski definition) is 2. The molecule has 0 heterocycles. The minimum absolute atomic E-state index is 0.795. The molecule has 0 aliphatic heterocycles. The van der Waals surface area contributed by atoms with Gasteiger partial charge in [-0.05, 0) is 36.2 Å². The van der Waals surface area contributed by atoms with Crippen molar-refractivity contribution in [3.63, 3.8) is 0 Å². The van der Waals surface area contributed by atoms with Gasteiger partial charge in [0, 0.05) is 16.7 Å². The van der Waals surface area contributed by atoms with Crippen molar-refractivity contribution < 1.29 is 0 Å². The molecule has 0 bridgehead atoms. The van der Waals surface area contributed by atoms with E-state index in [4.69, 9.17) is 0 Å². The molecule has 0 amide bonds. The molecule has 3 heteroatoms. The molecule has 0 fully saturated rings. The van der Waals surface area contributed by atoms with Crippen LogP contribution in [0.3, 0.4) is 0 Å². The van der Waals surface area contributed by atoms with E-state index < -0.39 is 0 Å². The molecule has 0 atom stereocenters. The molecule has 0 saturated carbocycles. The Hall–Kier alpha value is -1.32. The topological polar surface area (TPSA) is 24.1 Å².